The molecule has 0 spiro atoms. The van der Waals surface area contributed by atoms with Crippen LogP contribution in [0.1, 0.15) is 11.6 Å². The summed E-state index contributed by atoms with van der Waals surface area (Å²) in [6.45, 7) is 0. The average molecular weight is 424 g/mol. The molecule has 1 aromatic heterocycles. The normalized spacial score (nSPS) is 16.4. The fraction of sp³-hybridized carbons (Fsp3) is 0.150. The number of likely N-dealkylation sites (N-methyl/N-ethyl adjacent to an activating group) is 2. The number of nitrogens with zero attached hydrogens (tertiary/aromatic N) is 4. The van der Waals surface area contributed by atoms with Crippen LogP contribution in [0.25, 0.3) is 0 Å². The molecule has 0 bridgehead atoms. The van der Waals surface area contributed by atoms with Crippen LogP contribution in [0.15, 0.2) is 65.7 Å². The zero-order valence-corrected chi connectivity index (χ0v) is 17.2. The summed E-state index contributed by atoms with van der Waals surface area (Å²) < 4.78 is 22.8. The fourth-order valence-electron chi connectivity index (χ4n) is 3.37. The Morgan fingerprint density at radius 1 is 1.03 bits per heavy atom. The lowest BCUT2D eigenvalue weighted by Gasteiger charge is -2.38. The van der Waals surface area contributed by atoms with Gasteiger partial charge >= 0.3 is 0 Å². The molecule has 10 heteroatoms. The van der Waals surface area contributed by atoms with Crippen LogP contribution in [0, 0.1) is 0 Å². The zero-order valence-electron chi connectivity index (χ0n) is 16.4. The van der Waals surface area contributed by atoms with Gasteiger partial charge in [0.2, 0.25) is 16.0 Å². The SMILES string of the molecule is CN1C(=O)[C@H](c2ccccc2)N(C)c2nc(Nc3ccc(S(N)(=O)=O)cc3)ncc21. The Bertz CT molecular complexity index is 1200. The summed E-state index contributed by atoms with van der Waals surface area (Å²) in [5.41, 5.74) is 2.07. The van der Waals surface area contributed by atoms with Crippen LogP contribution < -0.4 is 20.3 Å². The van der Waals surface area contributed by atoms with Gasteiger partial charge in [-0.15, -0.1) is 0 Å². The van der Waals surface area contributed by atoms with E-state index in [9.17, 15) is 13.2 Å². The molecule has 9 nitrogen and oxygen atoms in total. The second kappa shape index (κ2) is 7.39. The fourth-order valence-corrected chi connectivity index (χ4v) is 3.89. The number of carbonyl (C=O) groups excluding carboxylic acids is 1. The molecule has 154 valence electrons. The van der Waals surface area contributed by atoms with Crippen molar-refractivity contribution in [1.82, 2.24) is 9.97 Å². The molecule has 0 saturated carbocycles. The molecule has 4 rings (SSSR count). The lowest BCUT2D eigenvalue weighted by Crippen LogP contribution is -2.45. The molecule has 0 saturated heterocycles. The van der Waals surface area contributed by atoms with Crippen molar-refractivity contribution in [1.29, 1.82) is 0 Å². The minimum atomic E-state index is -3.76. The molecule has 1 amide bonds. The lowest BCUT2D eigenvalue weighted by atomic mass is 10.0. The zero-order chi connectivity index (χ0) is 21.5. The van der Waals surface area contributed by atoms with E-state index in [0.717, 1.165) is 5.56 Å². The van der Waals surface area contributed by atoms with E-state index in [2.05, 4.69) is 15.3 Å². The number of nitrogens with one attached hydrogen (secondary N) is 1. The molecule has 0 radical (unpaired) electrons. The standard InChI is InChI=1S/C20H20N6O3S/c1-25-16-12-22-20(23-14-8-10-15(11-9-14)30(21,28)29)24-18(16)26(2)17(19(25)27)13-6-4-3-5-7-13/h3-12,17H,1-2H3,(H2,21,28,29)(H,22,23,24)/t17-/m0/s1. The number of aromatic nitrogens is 2. The Kier molecular flexibility index (Phi) is 4.88. The Morgan fingerprint density at radius 3 is 2.33 bits per heavy atom. The van der Waals surface area contributed by atoms with Crippen molar-refractivity contribution in [2.75, 3.05) is 29.2 Å². The van der Waals surface area contributed by atoms with Crippen molar-refractivity contribution in [2.24, 2.45) is 5.14 Å². The number of nitrogens with two attached hydrogens (primary N) is 1. The van der Waals surface area contributed by atoms with Crippen LogP contribution in [0.4, 0.5) is 23.1 Å². The smallest absolute Gasteiger partial charge is 0.254 e. The van der Waals surface area contributed by atoms with Gasteiger partial charge in [0.1, 0.15) is 11.7 Å². The highest BCUT2D eigenvalue weighted by molar-refractivity contribution is 7.89. The van der Waals surface area contributed by atoms with Gasteiger partial charge < -0.3 is 15.1 Å². The van der Waals surface area contributed by atoms with Gasteiger partial charge in [-0.1, -0.05) is 30.3 Å². The van der Waals surface area contributed by atoms with Crippen LogP contribution >= 0.6 is 0 Å². The van der Waals surface area contributed by atoms with Gasteiger partial charge in [0.25, 0.3) is 5.91 Å². The highest BCUT2D eigenvalue weighted by atomic mass is 32.2. The predicted molar refractivity (Wildman–Crippen MR) is 114 cm³/mol. The maximum absolute atomic E-state index is 12.9. The maximum Gasteiger partial charge on any atom is 0.254 e. The van der Waals surface area contributed by atoms with Gasteiger partial charge in [0, 0.05) is 19.8 Å². The molecule has 0 fully saturated rings. The summed E-state index contributed by atoms with van der Waals surface area (Å²) in [6, 6.07) is 15.0. The first-order valence-electron chi connectivity index (χ1n) is 9.08. The predicted octanol–water partition coefficient (Wildman–Crippen LogP) is 2.02. The summed E-state index contributed by atoms with van der Waals surface area (Å²) in [6.07, 6.45) is 1.58. The monoisotopic (exact) mass is 424 g/mol. The molecular weight excluding hydrogens is 404 g/mol. The summed E-state index contributed by atoms with van der Waals surface area (Å²) in [4.78, 5) is 25.2. The number of carbonyl (C=O) groups is 1. The second-order valence-corrected chi connectivity index (χ2v) is 8.48. The van der Waals surface area contributed by atoms with Gasteiger partial charge in [-0.25, -0.2) is 18.5 Å². The third kappa shape index (κ3) is 3.58. The molecule has 2 heterocycles. The third-order valence-corrected chi connectivity index (χ3v) is 5.88. The number of hydrogen-bond acceptors (Lipinski definition) is 7. The van der Waals surface area contributed by atoms with Gasteiger partial charge in [0.05, 0.1) is 11.1 Å². The van der Waals surface area contributed by atoms with Crippen molar-refractivity contribution in [3.63, 3.8) is 0 Å². The first-order chi connectivity index (χ1) is 14.3. The first kappa shape index (κ1) is 19.8. The van der Waals surface area contributed by atoms with E-state index in [1.807, 2.05) is 42.3 Å². The Labute approximate surface area is 174 Å². The summed E-state index contributed by atoms with van der Waals surface area (Å²) >= 11 is 0. The quantitative estimate of drug-likeness (QED) is 0.657. The minimum absolute atomic E-state index is 0.0185. The topological polar surface area (TPSA) is 122 Å². The molecule has 0 aliphatic carbocycles. The molecule has 2 aromatic carbocycles. The number of primary sulfonamides is 1. The van der Waals surface area contributed by atoms with E-state index in [1.54, 1.807) is 30.3 Å². The second-order valence-electron chi connectivity index (χ2n) is 6.92. The molecule has 0 unspecified atom stereocenters. The van der Waals surface area contributed by atoms with Crippen molar-refractivity contribution in [3.8, 4) is 0 Å². The van der Waals surface area contributed by atoms with Gasteiger partial charge in [-0.05, 0) is 29.8 Å². The van der Waals surface area contributed by atoms with E-state index in [-0.39, 0.29) is 10.8 Å². The molecular formula is C20H20N6O3S. The number of amides is 1. The molecule has 1 aliphatic heterocycles. The van der Waals surface area contributed by atoms with E-state index >= 15 is 0 Å². The summed E-state index contributed by atoms with van der Waals surface area (Å²) in [7, 11) is -0.239. The number of benzene rings is 2. The van der Waals surface area contributed by atoms with Gasteiger partial charge in [-0.2, -0.15) is 4.98 Å². The number of fused-ring (bicyclic) bond motifs is 1. The van der Waals surface area contributed by atoms with Crippen LogP contribution in [0.3, 0.4) is 0 Å². The summed E-state index contributed by atoms with van der Waals surface area (Å²) in [5.74, 6) is 0.849. The molecule has 30 heavy (non-hydrogen) atoms. The Morgan fingerprint density at radius 2 is 1.70 bits per heavy atom. The molecule has 3 N–H and O–H groups in total. The van der Waals surface area contributed by atoms with Crippen LogP contribution in [0.5, 0.6) is 0 Å². The number of sulfonamides is 1. The maximum atomic E-state index is 12.9. The van der Waals surface area contributed by atoms with Crippen molar-refractivity contribution in [2.45, 2.75) is 10.9 Å². The van der Waals surface area contributed by atoms with Crippen molar-refractivity contribution in [3.05, 3.63) is 66.4 Å². The molecule has 1 atom stereocenters. The number of rotatable bonds is 4. The van der Waals surface area contributed by atoms with Gasteiger partial charge in [-0.3, -0.25) is 4.79 Å². The first-order valence-corrected chi connectivity index (χ1v) is 10.6. The molecule has 1 aliphatic rings. The number of hydrogen-bond donors (Lipinski definition) is 2. The highest BCUT2D eigenvalue weighted by Gasteiger charge is 2.37. The Hall–Kier alpha value is -3.50. The summed E-state index contributed by atoms with van der Waals surface area (Å²) in [5, 5.41) is 8.17. The Balaban J connectivity index is 1.66. The molecule has 3 aromatic rings. The lowest BCUT2D eigenvalue weighted by molar-refractivity contribution is -0.120. The average Bonchev–Trinajstić information content (AvgIpc) is 2.73. The van der Waals surface area contributed by atoms with E-state index in [4.69, 9.17) is 5.14 Å². The van der Waals surface area contributed by atoms with Crippen LogP contribution in [-0.4, -0.2) is 38.4 Å². The van der Waals surface area contributed by atoms with Crippen molar-refractivity contribution < 1.29 is 13.2 Å². The van der Waals surface area contributed by atoms with Crippen LogP contribution in [0.2, 0.25) is 0 Å². The highest BCUT2D eigenvalue weighted by Crippen LogP contribution is 2.38. The van der Waals surface area contributed by atoms with E-state index < -0.39 is 16.1 Å². The third-order valence-electron chi connectivity index (χ3n) is 4.95. The van der Waals surface area contributed by atoms with Gasteiger partial charge in [0.15, 0.2) is 5.82 Å². The van der Waals surface area contributed by atoms with Crippen LogP contribution in [-0.2, 0) is 14.8 Å². The minimum Gasteiger partial charge on any atom is -0.342 e. The van der Waals surface area contributed by atoms with E-state index in [1.165, 1.54) is 12.1 Å². The van der Waals surface area contributed by atoms with Crippen molar-refractivity contribution >= 4 is 39.1 Å². The van der Waals surface area contributed by atoms with E-state index in [0.29, 0.717) is 23.1 Å². The largest absolute Gasteiger partial charge is 0.342 e. The number of anilines is 4.